The Morgan fingerprint density at radius 1 is 0.173 bits per heavy atom. The molecule has 0 atom stereocenters. The second-order valence-corrected chi connectivity index (χ2v) is 22.7. The first-order valence-electron chi connectivity index (χ1n) is 33.0. The Labute approximate surface area is 473 Å². The number of hydrogen-bond donors (Lipinski definition) is 2. The lowest BCUT2D eigenvalue weighted by Crippen LogP contribution is -3.00. The van der Waals surface area contributed by atoms with Crippen molar-refractivity contribution in [2.75, 3.05) is 105 Å². The van der Waals surface area contributed by atoms with Crippen LogP contribution in [0.2, 0.25) is 0 Å². The number of quaternary nitrogens is 4. The molecule has 0 aliphatic rings. The number of rotatable bonds is 48. The molecule has 0 saturated carbocycles. The van der Waals surface area contributed by atoms with Gasteiger partial charge in [0.1, 0.15) is 0 Å². The van der Waals surface area contributed by atoms with Gasteiger partial charge in [0.25, 0.3) is 0 Å². The SMILES string of the molecule is CCCC[N+](CCCC)(CCCC)CCCC.CCCC[N+](CCCC)(CCCC)CCCC.CCCC[N+](CCCC)(CCCC)CCCC.CCCC[N+](CCCC)(CCCC)CCCC.OBO.[F-].[F-].[F-].[F-]. The predicted molar refractivity (Wildman–Crippen MR) is 329 cm³/mol. The monoisotopic (exact) mass is 1090 g/mol. The molecule has 0 bridgehead atoms. The summed E-state index contributed by atoms with van der Waals surface area (Å²) in [7, 11) is -0.750. The minimum atomic E-state index is -0.750. The summed E-state index contributed by atoms with van der Waals surface area (Å²) in [5, 5.41) is 14.2. The zero-order chi connectivity index (χ0) is 54.6. The molecule has 0 saturated heterocycles. The van der Waals surface area contributed by atoms with Crippen LogP contribution >= 0.6 is 0 Å². The summed E-state index contributed by atoms with van der Waals surface area (Å²) in [5.41, 5.74) is 0. The van der Waals surface area contributed by atoms with E-state index in [4.69, 9.17) is 10.0 Å². The predicted octanol–water partition coefficient (Wildman–Crippen LogP) is 6.27. The highest BCUT2D eigenvalue weighted by molar-refractivity contribution is 6.13. The van der Waals surface area contributed by atoms with E-state index in [2.05, 4.69) is 111 Å². The third kappa shape index (κ3) is 59.5. The van der Waals surface area contributed by atoms with Gasteiger partial charge in [0.2, 0.25) is 0 Å². The summed E-state index contributed by atoms with van der Waals surface area (Å²) in [6, 6.07) is 0. The van der Waals surface area contributed by atoms with Crippen molar-refractivity contribution in [1.82, 2.24) is 0 Å². The second-order valence-electron chi connectivity index (χ2n) is 22.7. The largest absolute Gasteiger partial charge is 1.00 e. The van der Waals surface area contributed by atoms with E-state index >= 15 is 0 Å². The molecule has 0 spiro atoms. The van der Waals surface area contributed by atoms with Gasteiger partial charge >= 0.3 is 7.69 Å². The van der Waals surface area contributed by atoms with E-state index in [1.165, 1.54) is 328 Å². The Hall–Kier alpha value is -0.455. The zero-order valence-electron chi connectivity index (χ0n) is 54.8. The van der Waals surface area contributed by atoms with Crippen molar-refractivity contribution in [3.8, 4) is 0 Å². The van der Waals surface area contributed by atoms with Crippen molar-refractivity contribution >= 4 is 7.69 Å². The van der Waals surface area contributed by atoms with Crippen LogP contribution in [-0.4, -0.2) is 140 Å². The molecule has 75 heavy (non-hydrogen) atoms. The molecule has 0 aliphatic carbocycles. The van der Waals surface area contributed by atoms with Gasteiger partial charge in [-0.05, 0) is 103 Å². The van der Waals surface area contributed by atoms with Gasteiger partial charge in [0.15, 0.2) is 0 Å². The Kier molecular flexibility index (Phi) is 92.0. The topological polar surface area (TPSA) is 40.5 Å². The fraction of sp³-hybridized carbons (Fsp3) is 1.00. The fourth-order valence-corrected chi connectivity index (χ4v) is 10.6. The smallest absolute Gasteiger partial charge is 0.432 e. The molecule has 466 valence electrons. The Morgan fingerprint density at radius 3 is 0.267 bits per heavy atom. The van der Waals surface area contributed by atoms with E-state index in [9.17, 15) is 0 Å². The van der Waals surface area contributed by atoms with Crippen molar-refractivity contribution in [1.29, 1.82) is 0 Å². The van der Waals surface area contributed by atoms with Crippen LogP contribution in [0.1, 0.15) is 316 Å². The normalized spacial score (nSPS) is 11.1. The molecule has 0 fully saturated rings. The number of hydrogen-bond acceptors (Lipinski definition) is 2. The fourth-order valence-electron chi connectivity index (χ4n) is 10.6. The highest BCUT2D eigenvalue weighted by atomic mass is 19.0. The summed E-state index contributed by atoms with van der Waals surface area (Å²) in [6.45, 7) is 60.1. The first-order valence-corrected chi connectivity index (χ1v) is 33.0. The quantitative estimate of drug-likeness (QED) is 0.0430. The second kappa shape index (κ2) is 73.5. The lowest BCUT2D eigenvalue weighted by molar-refractivity contribution is -0.929. The standard InChI is InChI=1S/4C16H36N.BH3O2.4FH/c4*1-5-9-13-17(14-10-6-2,15-11-7-3)16-12-8-4;2-1-3;;;;/h4*5-16H2,1-4H3;1-3H;4*1H/q4*+1;;;;;/p-4. The molecule has 0 aromatic heterocycles. The molecule has 11 heteroatoms. The third-order valence-corrected chi connectivity index (χ3v) is 15.8. The molecule has 0 amide bonds. The zero-order valence-corrected chi connectivity index (χ0v) is 54.8. The van der Waals surface area contributed by atoms with Gasteiger partial charge in [-0.25, -0.2) is 0 Å². The van der Waals surface area contributed by atoms with Crippen LogP contribution in [0.3, 0.4) is 0 Å². The van der Waals surface area contributed by atoms with Gasteiger partial charge < -0.3 is 46.8 Å². The van der Waals surface area contributed by atoms with Crippen LogP contribution in [0.5, 0.6) is 0 Å². The van der Waals surface area contributed by atoms with Crippen molar-refractivity contribution in [2.45, 2.75) is 316 Å². The maximum Gasteiger partial charge on any atom is 0.432 e. The van der Waals surface area contributed by atoms with E-state index in [1.54, 1.807) is 0 Å². The molecule has 0 heterocycles. The Morgan fingerprint density at radius 2 is 0.227 bits per heavy atom. The average Bonchev–Trinajstić information content (AvgIpc) is 3.40. The minimum Gasteiger partial charge on any atom is -1.00 e. The van der Waals surface area contributed by atoms with E-state index in [0.29, 0.717) is 0 Å². The molecule has 0 aromatic rings. The highest BCUT2D eigenvalue weighted by Crippen LogP contribution is 2.20. The highest BCUT2D eigenvalue weighted by Gasteiger charge is 2.28. The minimum absolute atomic E-state index is 0. The van der Waals surface area contributed by atoms with E-state index in [0.717, 1.165) is 0 Å². The summed E-state index contributed by atoms with van der Waals surface area (Å²) in [5.74, 6) is 0. The van der Waals surface area contributed by atoms with Gasteiger partial charge in [-0.3, -0.25) is 0 Å². The van der Waals surface area contributed by atoms with Gasteiger partial charge in [0, 0.05) is 0 Å². The summed E-state index contributed by atoms with van der Waals surface area (Å²) in [6.07, 6.45) is 44.2. The van der Waals surface area contributed by atoms with Crippen LogP contribution < -0.4 is 18.8 Å². The lowest BCUT2D eigenvalue weighted by Gasteiger charge is -2.39. The summed E-state index contributed by atoms with van der Waals surface area (Å²) in [4.78, 5) is 0. The molecule has 6 nitrogen and oxygen atoms in total. The molecule has 0 rings (SSSR count). The number of halogens is 4. The van der Waals surface area contributed by atoms with Gasteiger partial charge in [-0.1, -0.05) is 214 Å². The van der Waals surface area contributed by atoms with Crippen LogP contribution in [0.15, 0.2) is 0 Å². The third-order valence-electron chi connectivity index (χ3n) is 15.8. The molecule has 0 radical (unpaired) electrons. The van der Waals surface area contributed by atoms with E-state index < -0.39 is 7.69 Å². The Balaban J connectivity index is -0.000000107. The number of unbranched alkanes of at least 4 members (excludes halogenated alkanes) is 16. The molecular weight excluding hydrogens is 944 g/mol. The average molecular weight is 1090 g/mol. The summed E-state index contributed by atoms with van der Waals surface area (Å²) < 4.78 is 5.68. The maximum atomic E-state index is 7.12. The molecular formula is C64H147BF4N4O2. The first kappa shape index (κ1) is 93.9. The van der Waals surface area contributed by atoms with Gasteiger partial charge in [0.05, 0.1) is 105 Å². The molecule has 0 aliphatic heterocycles. The molecule has 0 unspecified atom stereocenters. The summed E-state index contributed by atoms with van der Waals surface area (Å²) >= 11 is 0. The van der Waals surface area contributed by atoms with E-state index in [1.807, 2.05) is 0 Å². The van der Waals surface area contributed by atoms with Crippen LogP contribution in [0.25, 0.3) is 0 Å². The van der Waals surface area contributed by atoms with Crippen LogP contribution in [0.4, 0.5) is 0 Å². The van der Waals surface area contributed by atoms with Crippen LogP contribution in [-0.2, 0) is 0 Å². The maximum absolute atomic E-state index is 7.12. The van der Waals surface area contributed by atoms with Crippen molar-refractivity contribution in [3.63, 3.8) is 0 Å². The lowest BCUT2D eigenvalue weighted by atomic mass is 10.1. The first-order chi connectivity index (χ1) is 34.4. The number of nitrogens with zero attached hydrogens (tertiary/aromatic N) is 4. The van der Waals surface area contributed by atoms with Crippen LogP contribution in [0, 0.1) is 0 Å². The van der Waals surface area contributed by atoms with E-state index in [-0.39, 0.29) is 18.8 Å². The van der Waals surface area contributed by atoms with Crippen molar-refractivity contribution in [2.24, 2.45) is 0 Å². The Bertz CT molecular complexity index is 667. The van der Waals surface area contributed by atoms with Crippen molar-refractivity contribution in [3.05, 3.63) is 0 Å². The molecule has 0 aromatic carbocycles. The van der Waals surface area contributed by atoms with Gasteiger partial charge in [-0.2, -0.15) is 0 Å². The van der Waals surface area contributed by atoms with Gasteiger partial charge in [-0.15, -0.1) is 0 Å². The molecule has 2 N–H and O–H groups in total. The van der Waals surface area contributed by atoms with Crippen molar-refractivity contribution < 1.29 is 46.8 Å².